The molecule has 0 aromatic heterocycles. The molecule has 0 amide bonds. The van der Waals surface area contributed by atoms with Crippen LogP contribution >= 0.6 is 28.5 Å². The molecule has 0 radical (unpaired) electrons. The third-order valence-electron chi connectivity index (χ3n) is 5.78. The van der Waals surface area contributed by atoms with E-state index in [0.717, 1.165) is 22.7 Å². The summed E-state index contributed by atoms with van der Waals surface area (Å²) in [5.74, 6) is 2.17. The number of methoxy groups -OCH3 is 1. The van der Waals surface area contributed by atoms with Crippen molar-refractivity contribution in [1.29, 1.82) is 0 Å². The average Bonchev–Trinajstić information content (AvgIpc) is 3.28. The summed E-state index contributed by atoms with van der Waals surface area (Å²) in [7, 11) is 2.93. The molecule has 34 heavy (non-hydrogen) atoms. The van der Waals surface area contributed by atoms with E-state index in [1.165, 1.54) is 22.0 Å². The zero-order valence-corrected chi connectivity index (χ0v) is 25.4. The van der Waals surface area contributed by atoms with Crippen LogP contribution in [-0.2, 0) is 15.6 Å². The van der Waals surface area contributed by atoms with Gasteiger partial charge in [-0.15, -0.1) is 0 Å². The van der Waals surface area contributed by atoms with Gasteiger partial charge in [0.05, 0.1) is 18.8 Å². The third-order valence-corrected chi connectivity index (χ3v) is 5.78. The number of hydrogen-bond donors (Lipinski definition) is 0. The molecule has 3 rings (SSSR count). The molecule has 1 aliphatic rings. The minimum atomic E-state index is 0.0334. The van der Waals surface area contributed by atoms with Crippen LogP contribution in [0.4, 0.5) is 5.69 Å². The molecule has 190 valence electrons. The van der Waals surface area contributed by atoms with Gasteiger partial charge in [0.2, 0.25) is 5.90 Å². The van der Waals surface area contributed by atoms with Crippen molar-refractivity contribution >= 4 is 45.7 Å². The number of ether oxygens (including phenoxy) is 2. The Labute approximate surface area is 225 Å². The van der Waals surface area contributed by atoms with Gasteiger partial charge in [-0.3, -0.25) is 0 Å². The molecule has 0 fully saturated rings. The third kappa shape index (κ3) is 7.67. The molecule has 0 bridgehead atoms. The van der Waals surface area contributed by atoms with Crippen LogP contribution in [0.15, 0.2) is 52.4 Å². The van der Waals surface area contributed by atoms with Gasteiger partial charge in [-0.25, -0.2) is 9.98 Å². The van der Waals surface area contributed by atoms with E-state index in [2.05, 4.69) is 95.1 Å². The van der Waals surface area contributed by atoms with Crippen LogP contribution in [0.5, 0.6) is 5.75 Å². The zero-order chi connectivity index (χ0) is 25.5. The van der Waals surface area contributed by atoms with E-state index in [1.54, 1.807) is 7.11 Å². The molecular formula is C27H36Br2N2NiO2. The molecule has 0 aliphatic carbocycles. The Morgan fingerprint density at radius 2 is 1.56 bits per heavy atom. The number of nitrogens with zero attached hydrogens (tertiary/aromatic N) is 2. The van der Waals surface area contributed by atoms with Crippen LogP contribution in [0.3, 0.4) is 0 Å². The van der Waals surface area contributed by atoms with E-state index < -0.39 is 0 Å². The van der Waals surface area contributed by atoms with Gasteiger partial charge in [0.25, 0.3) is 0 Å². The summed E-state index contributed by atoms with van der Waals surface area (Å²) in [6, 6.07) is 14.6. The second-order valence-corrected chi connectivity index (χ2v) is 14.9. The van der Waals surface area contributed by atoms with Crippen LogP contribution in [0.25, 0.3) is 0 Å². The summed E-state index contributed by atoms with van der Waals surface area (Å²) in [6.45, 7) is 16.0. The molecule has 2 aromatic rings. The van der Waals surface area contributed by atoms with Crippen molar-refractivity contribution in [2.45, 2.75) is 66.3 Å². The standard InChI is InChI=1S/C27H36N2O2.2BrH.Ni/c1-17(2)21-10-9-11-22(18(3)4)25(21)29-24(19-12-14-20(30-8)15-13-19)26-28-23(16-31-26)27(5,6)7;;;/h9-15,17-18,23H,16H2,1-8H3;2*1H;/q;;;+2/p-2/t23-;;;/m1.../s1. The van der Waals surface area contributed by atoms with Crippen LogP contribution in [0.1, 0.15) is 77.0 Å². The monoisotopic (exact) mass is 636 g/mol. The van der Waals surface area contributed by atoms with Crippen LogP contribution in [-0.4, -0.2) is 31.4 Å². The molecule has 2 aromatic carbocycles. The van der Waals surface area contributed by atoms with Gasteiger partial charge in [0.1, 0.15) is 18.1 Å². The summed E-state index contributed by atoms with van der Waals surface area (Å²) < 4.78 is 11.5. The number of para-hydroxylation sites is 1. The minimum absolute atomic E-state index is 0.0334. The number of rotatable bonds is 6. The summed E-state index contributed by atoms with van der Waals surface area (Å²) in [5.41, 5.74) is 5.30. The number of benzene rings is 2. The van der Waals surface area contributed by atoms with E-state index in [4.69, 9.17) is 19.5 Å². The number of hydrogen-bond acceptors (Lipinski definition) is 4. The van der Waals surface area contributed by atoms with Gasteiger partial charge in [0.15, 0.2) is 0 Å². The average molecular weight is 639 g/mol. The van der Waals surface area contributed by atoms with Crippen molar-refractivity contribution in [3.05, 3.63) is 59.2 Å². The second-order valence-electron chi connectivity index (χ2n) is 9.96. The van der Waals surface area contributed by atoms with Crippen LogP contribution in [0, 0.1) is 5.41 Å². The SMILES string of the molecule is COc1ccc(C(=Nc2c(C(C)C)cccc2C(C)C)C2=N[C@@H](C(C)(C)C)CO2)cc1.[Br][Ni][Br]. The molecule has 1 heterocycles. The first kappa shape index (κ1) is 29.1. The van der Waals surface area contributed by atoms with E-state index in [-0.39, 0.29) is 11.5 Å². The molecule has 0 saturated carbocycles. The Balaban J connectivity index is 0.00000129. The first-order chi connectivity index (χ1) is 16.0. The molecule has 7 heteroatoms. The van der Waals surface area contributed by atoms with Crippen LogP contribution in [0.2, 0.25) is 0 Å². The number of aliphatic imine (C=N–C) groups is 2. The van der Waals surface area contributed by atoms with Gasteiger partial charge < -0.3 is 9.47 Å². The Kier molecular flexibility index (Phi) is 11.3. The molecular weight excluding hydrogens is 603 g/mol. The summed E-state index contributed by atoms with van der Waals surface area (Å²) in [4.78, 5) is 10.2. The molecule has 0 N–H and O–H groups in total. The van der Waals surface area contributed by atoms with E-state index in [1.807, 2.05) is 24.3 Å². The predicted molar refractivity (Wildman–Crippen MR) is 148 cm³/mol. The van der Waals surface area contributed by atoms with E-state index in [0.29, 0.717) is 24.3 Å². The Hall–Kier alpha value is -1.17. The Bertz CT molecular complexity index is 970. The quantitative estimate of drug-likeness (QED) is 0.235. The Morgan fingerprint density at radius 3 is 1.97 bits per heavy atom. The van der Waals surface area contributed by atoms with Crippen molar-refractivity contribution in [2.24, 2.45) is 15.4 Å². The van der Waals surface area contributed by atoms with Gasteiger partial charge in [-0.1, -0.05) is 66.7 Å². The normalized spacial score (nSPS) is 16.3. The maximum absolute atomic E-state index is 6.13. The summed E-state index contributed by atoms with van der Waals surface area (Å²) >= 11 is 6.00. The van der Waals surface area contributed by atoms with Gasteiger partial charge in [-0.2, -0.15) is 0 Å². The molecule has 4 nitrogen and oxygen atoms in total. The molecule has 0 saturated heterocycles. The van der Waals surface area contributed by atoms with Crippen molar-refractivity contribution in [2.75, 3.05) is 13.7 Å². The molecule has 1 aliphatic heterocycles. The zero-order valence-electron chi connectivity index (χ0n) is 21.3. The van der Waals surface area contributed by atoms with Crippen LogP contribution < -0.4 is 4.74 Å². The first-order valence-electron chi connectivity index (χ1n) is 11.4. The van der Waals surface area contributed by atoms with Gasteiger partial charge in [0, 0.05) is 5.56 Å². The topological polar surface area (TPSA) is 43.2 Å². The fourth-order valence-corrected chi connectivity index (χ4v) is 3.68. The maximum atomic E-state index is 6.13. The van der Waals surface area contributed by atoms with E-state index in [9.17, 15) is 0 Å². The van der Waals surface area contributed by atoms with Crippen molar-refractivity contribution in [3.63, 3.8) is 0 Å². The van der Waals surface area contributed by atoms with Crippen molar-refractivity contribution in [1.82, 2.24) is 0 Å². The summed E-state index contributed by atoms with van der Waals surface area (Å²) in [5, 5.41) is 0. The van der Waals surface area contributed by atoms with Crippen molar-refractivity contribution < 1.29 is 20.4 Å². The molecule has 0 unspecified atom stereocenters. The second kappa shape index (κ2) is 13.2. The van der Waals surface area contributed by atoms with Crippen molar-refractivity contribution in [3.8, 4) is 5.75 Å². The summed E-state index contributed by atoms with van der Waals surface area (Å²) in [6.07, 6.45) is 0. The predicted octanol–water partition coefficient (Wildman–Crippen LogP) is 8.59. The number of halogens is 2. The molecule has 0 spiro atoms. The van der Waals surface area contributed by atoms with E-state index >= 15 is 0 Å². The molecule has 1 atom stereocenters. The first-order valence-corrected chi connectivity index (χ1v) is 16.3. The van der Waals surface area contributed by atoms with Gasteiger partial charge in [-0.05, 0) is 52.6 Å². The Morgan fingerprint density at radius 1 is 1.03 bits per heavy atom. The van der Waals surface area contributed by atoms with Gasteiger partial charge >= 0.3 is 39.3 Å². The fourth-order valence-electron chi connectivity index (χ4n) is 3.68. The fraction of sp³-hybridized carbons (Fsp3) is 0.481.